The van der Waals surface area contributed by atoms with Gasteiger partial charge in [0.25, 0.3) is 5.91 Å². The van der Waals surface area contributed by atoms with Crippen molar-refractivity contribution in [2.45, 2.75) is 45.2 Å². The Labute approximate surface area is 197 Å². The Bertz CT molecular complexity index is 1050. The van der Waals surface area contributed by atoms with Crippen molar-refractivity contribution < 1.29 is 34.2 Å². The molecular formula is C24H29N3O7. The fraction of sp³-hybridized carbons (Fsp3) is 0.375. The van der Waals surface area contributed by atoms with Crippen LogP contribution in [0.2, 0.25) is 0 Å². The standard InChI is InChI=1S/C21H23N3O7.C3H6/c1-3-31-17-9-12(7-8-16(17)30-2)15(10-18(25)23-29)24-11-13-5-4-6-14(22-21(27)28)19(13)20(24)26;1-2-3-1/h4-9,15,22,29H,3,10-11H2,1-2H3,(H,23,25)(H,27,28);1-3H2/t15-;/m1./s1. The van der Waals surface area contributed by atoms with Gasteiger partial charge in [0.1, 0.15) is 0 Å². The number of nitrogens with zero attached hydrogens (tertiary/aromatic N) is 1. The summed E-state index contributed by atoms with van der Waals surface area (Å²) < 4.78 is 10.9. The van der Waals surface area contributed by atoms with E-state index in [1.54, 1.807) is 35.8 Å². The van der Waals surface area contributed by atoms with Crippen LogP contribution in [0.5, 0.6) is 11.5 Å². The molecule has 1 aliphatic heterocycles. The highest BCUT2D eigenvalue weighted by Crippen LogP contribution is 2.39. The molecule has 34 heavy (non-hydrogen) atoms. The van der Waals surface area contributed by atoms with Gasteiger partial charge in [-0.1, -0.05) is 37.5 Å². The maximum atomic E-state index is 13.3. The number of methoxy groups -OCH3 is 1. The SMILES string of the molecule is C1CC1.CCOc1cc([C@@H](CC(=O)NO)N2Cc3cccc(NC(=O)O)c3C2=O)ccc1OC. The largest absolute Gasteiger partial charge is 0.493 e. The van der Waals surface area contributed by atoms with Gasteiger partial charge in [0.05, 0.1) is 37.4 Å². The second kappa shape index (κ2) is 11.4. The van der Waals surface area contributed by atoms with Gasteiger partial charge in [-0.15, -0.1) is 0 Å². The summed E-state index contributed by atoms with van der Waals surface area (Å²) in [5.41, 5.74) is 3.24. The molecule has 10 nitrogen and oxygen atoms in total. The summed E-state index contributed by atoms with van der Waals surface area (Å²) in [4.78, 5) is 37.9. The fourth-order valence-corrected chi connectivity index (χ4v) is 3.65. The highest BCUT2D eigenvalue weighted by molar-refractivity contribution is 6.06. The number of hydroxylamine groups is 1. The van der Waals surface area contributed by atoms with E-state index in [2.05, 4.69) is 5.32 Å². The van der Waals surface area contributed by atoms with E-state index in [0.717, 1.165) is 0 Å². The zero-order chi connectivity index (χ0) is 24.7. The Kier molecular flexibility index (Phi) is 8.31. The third-order valence-corrected chi connectivity index (χ3v) is 5.31. The lowest BCUT2D eigenvalue weighted by molar-refractivity contribution is -0.130. The molecule has 0 aromatic heterocycles. The monoisotopic (exact) mass is 471 g/mol. The van der Waals surface area contributed by atoms with Crippen molar-refractivity contribution >= 4 is 23.6 Å². The van der Waals surface area contributed by atoms with Crippen molar-refractivity contribution in [1.29, 1.82) is 0 Å². The van der Waals surface area contributed by atoms with E-state index in [4.69, 9.17) is 19.8 Å². The van der Waals surface area contributed by atoms with Gasteiger partial charge in [-0.25, -0.2) is 10.3 Å². The minimum Gasteiger partial charge on any atom is -0.493 e. The first-order valence-electron chi connectivity index (χ1n) is 11.1. The minimum absolute atomic E-state index is 0.169. The predicted octanol–water partition coefficient (Wildman–Crippen LogP) is 3.95. The third-order valence-electron chi connectivity index (χ3n) is 5.31. The minimum atomic E-state index is -1.28. The van der Waals surface area contributed by atoms with Crippen LogP contribution in [0, 0.1) is 0 Å². The Hall–Kier alpha value is -3.79. The third kappa shape index (κ3) is 5.96. The smallest absolute Gasteiger partial charge is 0.409 e. The van der Waals surface area contributed by atoms with E-state index in [-0.39, 0.29) is 24.2 Å². The Morgan fingerprint density at radius 1 is 1.15 bits per heavy atom. The Morgan fingerprint density at radius 2 is 1.88 bits per heavy atom. The van der Waals surface area contributed by atoms with Crippen LogP contribution in [-0.4, -0.2) is 46.8 Å². The van der Waals surface area contributed by atoms with Gasteiger partial charge in [0, 0.05) is 6.54 Å². The first kappa shape index (κ1) is 24.8. The maximum Gasteiger partial charge on any atom is 0.409 e. The van der Waals surface area contributed by atoms with Gasteiger partial charge in [-0.05, 0) is 36.2 Å². The molecule has 2 aliphatic rings. The van der Waals surface area contributed by atoms with Crippen molar-refractivity contribution in [3.63, 3.8) is 0 Å². The van der Waals surface area contributed by atoms with E-state index >= 15 is 0 Å². The van der Waals surface area contributed by atoms with Crippen LogP contribution >= 0.6 is 0 Å². The van der Waals surface area contributed by atoms with Gasteiger partial charge in [-0.2, -0.15) is 0 Å². The summed E-state index contributed by atoms with van der Waals surface area (Å²) in [6.07, 6.45) is 3.00. The van der Waals surface area contributed by atoms with Crippen molar-refractivity contribution in [3.8, 4) is 11.5 Å². The fourth-order valence-electron chi connectivity index (χ4n) is 3.65. The quantitative estimate of drug-likeness (QED) is 0.338. The van der Waals surface area contributed by atoms with Crippen LogP contribution in [0.1, 0.15) is 60.1 Å². The number of carbonyl (C=O) groups is 3. The molecule has 0 radical (unpaired) electrons. The number of carbonyl (C=O) groups excluding carboxylic acids is 2. The average Bonchev–Trinajstić information content (AvgIpc) is 3.67. The van der Waals surface area contributed by atoms with Crippen molar-refractivity contribution in [1.82, 2.24) is 10.4 Å². The predicted molar refractivity (Wildman–Crippen MR) is 123 cm³/mol. The van der Waals surface area contributed by atoms with E-state index in [1.165, 1.54) is 37.3 Å². The molecule has 1 saturated carbocycles. The summed E-state index contributed by atoms with van der Waals surface area (Å²) >= 11 is 0. The molecule has 1 aliphatic carbocycles. The summed E-state index contributed by atoms with van der Waals surface area (Å²) in [5.74, 6) is -0.149. The summed E-state index contributed by atoms with van der Waals surface area (Å²) in [6, 6.07) is 9.21. The molecule has 3 amide bonds. The molecule has 182 valence electrons. The van der Waals surface area contributed by atoms with Gasteiger partial charge in [0.2, 0.25) is 5.91 Å². The highest BCUT2D eigenvalue weighted by atomic mass is 16.5. The van der Waals surface area contributed by atoms with Crippen molar-refractivity contribution in [2.24, 2.45) is 0 Å². The number of carboxylic acid groups (broad SMARTS) is 1. The van der Waals surface area contributed by atoms with E-state index in [9.17, 15) is 14.4 Å². The summed E-state index contributed by atoms with van der Waals surface area (Å²) in [6.45, 7) is 2.38. The number of hydrogen-bond donors (Lipinski definition) is 4. The molecule has 1 fully saturated rings. The molecule has 0 saturated heterocycles. The second-order valence-electron chi connectivity index (χ2n) is 7.86. The Morgan fingerprint density at radius 3 is 2.47 bits per heavy atom. The lowest BCUT2D eigenvalue weighted by atomic mass is 10.0. The number of amides is 3. The molecule has 1 atom stereocenters. The normalized spacial score (nSPS) is 14.3. The van der Waals surface area contributed by atoms with Crippen molar-refractivity contribution in [2.75, 3.05) is 19.0 Å². The molecule has 1 heterocycles. The van der Waals surface area contributed by atoms with Crippen LogP contribution in [0.4, 0.5) is 10.5 Å². The van der Waals surface area contributed by atoms with E-state index in [1.807, 2.05) is 6.92 Å². The van der Waals surface area contributed by atoms with E-state index < -0.39 is 23.9 Å². The molecule has 0 bridgehead atoms. The van der Waals surface area contributed by atoms with Crippen LogP contribution in [-0.2, 0) is 11.3 Å². The average molecular weight is 472 g/mol. The molecule has 4 N–H and O–H groups in total. The lowest BCUT2D eigenvalue weighted by Gasteiger charge is -2.28. The number of nitrogens with one attached hydrogen (secondary N) is 2. The van der Waals surface area contributed by atoms with Gasteiger partial charge in [-0.3, -0.25) is 20.1 Å². The first-order chi connectivity index (χ1) is 16.4. The molecule has 10 heteroatoms. The Balaban J connectivity index is 0.000000999. The maximum absolute atomic E-state index is 13.3. The van der Waals surface area contributed by atoms with Gasteiger partial charge in [0.15, 0.2) is 11.5 Å². The van der Waals surface area contributed by atoms with Crippen LogP contribution in [0.15, 0.2) is 36.4 Å². The van der Waals surface area contributed by atoms with Crippen LogP contribution in [0.25, 0.3) is 0 Å². The number of fused-ring (bicyclic) bond motifs is 1. The molecule has 2 aromatic carbocycles. The zero-order valence-corrected chi connectivity index (χ0v) is 19.2. The number of ether oxygens (including phenoxy) is 2. The first-order valence-corrected chi connectivity index (χ1v) is 11.1. The summed E-state index contributed by atoms with van der Waals surface area (Å²) in [5, 5.41) is 20.4. The number of hydrogen-bond acceptors (Lipinski definition) is 6. The number of benzene rings is 2. The summed E-state index contributed by atoms with van der Waals surface area (Å²) in [7, 11) is 1.51. The van der Waals surface area contributed by atoms with Gasteiger partial charge >= 0.3 is 6.09 Å². The number of rotatable bonds is 8. The molecule has 4 rings (SSSR count). The van der Waals surface area contributed by atoms with Gasteiger partial charge < -0.3 is 19.5 Å². The highest BCUT2D eigenvalue weighted by Gasteiger charge is 2.37. The van der Waals surface area contributed by atoms with Crippen LogP contribution in [0.3, 0.4) is 0 Å². The van der Waals surface area contributed by atoms with Crippen molar-refractivity contribution in [3.05, 3.63) is 53.1 Å². The lowest BCUT2D eigenvalue weighted by Crippen LogP contribution is -2.33. The number of anilines is 1. The zero-order valence-electron chi connectivity index (χ0n) is 19.2. The topological polar surface area (TPSA) is 137 Å². The second-order valence-corrected chi connectivity index (χ2v) is 7.86. The van der Waals surface area contributed by atoms with Crippen LogP contribution < -0.4 is 20.3 Å². The molecule has 2 aromatic rings. The molecule has 0 unspecified atom stereocenters. The van der Waals surface area contributed by atoms with E-state index in [0.29, 0.717) is 29.2 Å². The molecule has 0 spiro atoms. The molecular weight excluding hydrogens is 442 g/mol.